The van der Waals surface area contributed by atoms with Gasteiger partial charge in [0.1, 0.15) is 29.5 Å². The van der Waals surface area contributed by atoms with Gasteiger partial charge in [-0.15, -0.1) is 0 Å². The van der Waals surface area contributed by atoms with E-state index in [-0.39, 0.29) is 23.8 Å². The van der Waals surface area contributed by atoms with Crippen molar-refractivity contribution in [3.05, 3.63) is 47.7 Å². The Morgan fingerprint density at radius 2 is 2.27 bits per heavy atom. The minimum Gasteiger partial charge on any atom is -0.437 e. The maximum Gasteiger partial charge on any atom is 0.255 e. The summed E-state index contributed by atoms with van der Waals surface area (Å²) in [5.74, 6) is 0.0194. The fourth-order valence-corrected chi connectivity index (χ4v) is 1.94. The van der Waals surface area contributed by atoms with E-state index in [0.717, 1.165) is 0 Å². The molecule has 0 saturated heterocycles. The molecule has 1 aromatic carbocycles. The number of rotatable bonds is 4. The standard InChI is InChI=1S/C14H10FN5O2/c1-21-7-9-5-13(20-14(19-9)17-8-18-20)22-12-4-2-3-11(15)10(12)6-16/h2-5,8H,7H2,1H3. The third-order valence-electron chi connectivity index (χ3n) is 2.87. The maximum atomic E-state index is 13.6. The quantitative estimate of drug-likeness (QED) is 0.733. The highest BCUT2D eigenvalue weighted by atomic mass is 19.1. The summed E-state index contributed by atoms with van der Waals surface area (Å²) >= 11 is 0. The van der Waals surface area contributed by atoms with Crippen molar-refractivity contribution in [3.8, 4) is 17.7 Å². The van der Waals surface area contributed by atoms with Gasteiger partial charge in [0.2, 0.25) is 5.88 Å². The lowest BCUT2D eigenvalue weighted by Crippen LogP contribution is -2.03. The van der Waals surface area contributed by atoms with Crippen LogP contribution in [0.25, 0.3) is 5.78 Å². The second-order valence-electron chi connectivity index (χ2n) is 4.32. The van der Waals surface area contributed by atoms with E-state index < -0.39 is 5.82 Å². The summed E-state index contributed by atoms with van der Waals surface area (Å²) in [6, 6.07) is 7.53. The number of halogens is 1. The molecule has 0 amide bonds. The maximum absolute atomic E-state index is 13.6. The fraction of sp³-hybridized carbons (Fsp3) is 0.143. The molecule has 7 nitrogen and oxygen atoms in total. The van der Waals surface area contributed by atoms with Crippen molar-refractivity contribution in [2.45, 2.75) is 6.61 Å². The molecule has 0 spiro atoms. The topological polar surface area (TPSA) is 85.3 Å². The molecule has 2 aromatic heterocycles. The van der Waals surface area contributed by atoms with E-state index in [9.17, 15) is 4.39 Å². The van der Waals surface area contributed by atoms with E-state index in [0.29, 0.717) is 11.5 Å². The van der Waals surface area contributed by atoms with Crippen LogP contribution in [0.5, 0.6) is 11.6 Å². The van der Waals surface area contributed by atoms with E-state index in [1.54, 1.807) is 12.1 Å². The van der Waals surface area contributed by atoms with Gasteiger partial charge in [0.05, 0.1) is 12.3 Å². The molecule has 3 rings (SSSR count). The van der Waals surface area contributed by atoms with Crippen LogP contribution in [0.4, 0.5) is 4.39 Å². The predicted octanol–water partition coefficient (Wildman–Crippen LogP) is 2.07. The van der Waals surface area contributed by atoms with E-state index in [4.69, 9.17) is 14.7 Å². The third-order valence-corrected chi connectivity index (χ3v) is 2.87. The monoisotopic (exact) mass is 299 g/mol. The number of hydrogen-bond acceptors (Lipinski definition) is 6. The summed E-state index contributed by atoms with van der Waals surface area (Å²) in [7, 11) is 1.54. The lowest BCUT2D eigenvalue weighted by molar-refractivity contribution is 0.181. The number of aromatic nitrogens is 4. The first kappa shape index (κ1) is 13.9. The van der Waals surface area contributed by atoms with Gasteiger partial charge >= 0.3 is 0 Å². The molecular formula is C14H10FN5O2. The van der Waals surface area contributed by atoms with Crippen LogP contribution in [-0.4, -0.2) is 26.7 Å². The van der Waals surface area contributed by atoms with Gasteiger partial charge in [-0.25, -0.2) is 9.37 Å². The zero-order valence-corrected chi connectivity index (χ0v) is 11.5. The lowest BCUT2D eigenvalue weighted by Gasteiger charge is -2.10. The molecule has 0 fully saturated rings. The number of nitrogens with zero attached hydrogens (tertiary/aromatic N) is 5. The summed E-state index contributed by atoms with van der Waals surface area (Å²) in [6.07, 6.45) is 1.32. The number of hydrogen-bond donors (Lipinski definition) is 0. The van der Waals surface area contributed by atoms with Crippen molar-refractivity contribution in [1.29, 1.82) is 5.26 Å². The first-order chi connectivity index (χ1) is 10.7. The number of ether oxygens (including phenoxy) is 2. The average Bonchev–Trinajstić information content (AvgIpc) is 2.96. The summed E-state index contributed by atoms with van der Waals surface area (Å²) in [4.78, 5) is 8.22. The highest BCUT2D eigenvalue weighted by Crippen LogP contribution is 2.27. The molecule has 110 valence electrons. The Kier molecular flexibility index (Phi) is 3.64. The van der Waals surface area contributed by atoms with Crippen LogP contribution < -0.4 is 4.74 Å². The van der Waals surface area contributed by atoms with Crippen LogP contribution in [0, 0.1) is 17.1 Å². The van der Waals surface area contributed by atoms with Crippen LogP contribution in [-0.2, 0) is 11.3 Å². The van der Waals surface area contributed by atoms with Crippen molar-refractivity contribution in [2.24, 2.45) is 0 Å². The molecule has 0 bridgehead atoms. The number of fused-ring (bicyclic) bond motifs is 1. The van der Waals surface area contributed by atoms with Crippen molar-refractivity contribution in [3.63, 3.8) is 0 Å². The van der Waals surface area contributed by atoms with Crippen molar-refractivity contribution in [2.75, 3.05) is 7.11 Å². The molecule has 3 aromatic rings. The minimum atomic E-state index is -0.652. The predicted molar refractivity (Wildman–Crippen MR) is 72.7 cm³/mol. The van der Waals surface area contributed by atoms with Gasteiger partial charge in [-0.05, 0) is 12.1 Å². The van der Waals surface area contributed by atoms with Gasteiger partial charge < -0.3 is 9.47 Å². The highest BCUT2D eigenvalue weighted by molar-refractivity contribution is 5.46. The lowest BCUT2D eigenvalue weighted by atomic mass is 10.2. The minimum absolute atomic E-state index is 0.0915. The molecule has 8 heteroatoms. The van der Waals surface area contributed by atoms with Crippen LogP contribution in [0.1, 0.15) is 11.3 Å². The molecule has 0 unspecified atom stereocenters. The number of methoxy groups -OCH3 is 1. The molecule has 0 aliphatic carbocycles. The first-order valence-corrected chi connectivity index (χ1v) is 6.28. The Morgan fingerprint density at radius 1 is 1.41 bits per heavy atom. The Balaban J connectivity index is 2.09. The average molecular weight is 299 g/mol. The van der Waals surface area contributed by atoms with Crippen molar-refractivity contribution >= 4 is 5.78 Å². The Bertz CT molecular complexity index is 871. The molecule has 0 N–H and O–H groups in total. The van der Waals surface area contributed by atoms with Gasteiger partial charge in [-0.2, -0.15) is 19.9 Å². The molecular weight excluding hydrogens is 289 g/mol. The molecule has 2 heterocycles. The van der Waals surface area contributed by atoms with Crippen LogP contribution >= 0.6 is 0 Å². The molecule has 0 atom stereocenters. The Hall–Kier alpha value is -3.05. The van der Waals surface area contributed by atoms with Crippen molar-refractivity contribution in [1.82, 2.24) is 19.6 Å². The molecule has 0 saturated carbocycles. The number of benzene rings is 1. The van der Waals surface area contributed by atoms with Gasteiger partial charge in [0.25, 0.3) is 5.78 Å². The third kappa shape index (κ3) is 2.45. The van der Waals surface area contributed by atoms with Gasteiger partial charge in [0, 0.05) is 13.2 Å². The van der Waals surface area contributed by atoms with Gasteiger partial charge in [0.15, 0.2) is 0 Å². The van der Waals surface area contributed by atoms with E-state index in [2.05, 4.69) is 15.1 Å². The van der Waals surface area contributed by atoms with Crippen molar-refractivity contribution < 1.29 is 13.9 Å². The SMILES string of the molecule is COCc1cc(Oc2cccc(F)c2C#N)n2ncnc2n1. The van der Waals surface area contributed by atoms with E-state index >= 15 is 0 Å². The molecule has 0 aliphatic rings. The zero-order valence-electron chi connectivity index (χ0n) is 11.5. The summed E-state index contributed by atoms with van der Waals surface area (Å²) in [6.45, 7) is 0.258. The molecule has 22 heavy (non-hydrogen) atoms. The zero-order chi connectivity index (χ0) is 15.5. The van der Waals surface area contributed by atoms with Gasteiger partial charge in [-0.1, -0.05) is 6.07 Å². The smallest absolute Gasteiger partial charge is 0.255 e. The largest absolute Gasteiger partial charge is 0.437 e. The molecule has 0 radical (unpaired) electrons. The highest BCUT2D eigenvalue weighted by Gasteiger charge is 2.14. The second kappa shape index (κ2) is 5.75. The molecule has 0 aliphatic heterocycles. The van der Waals surface area contributed by atoms with E-state index in [1.165, 1.54) is 36.2 Å². The summed E-state index contributed by atoms with van der Waals surface area (Å²) < 4.78 is 25.7. The van der Waals surface area contributed by atoms with Crippen LogP contribution in [0.2, 0.25) is 0 Å². The first-order valence-electron chi connectivity index (χ1n) is 6.28. The summed E-state index contributed by atoms with van der Waals surface area (Å²) in [5.41, 5.74) is 0.397. The van der Waals surface area contributed by atoms with E-state index in [1.807, 2.05) is 0 Å². The van der Waals surface area contributed by atoms with Crippen LogP contribution in [0.3, 0.4) is 0 Å². The number of nitriles is 1. The summed E-state index contributed by atoms with van der Waals surface area (Å²) in [5, 5.41) is 13.0. The van der Waals surface area contributed by atoms with Gasteiger partial charge in [-0.3, -0.25) is 0 Å². The normalized spacial score (nSPS) is 10.6. The Morgan fingerprint density at radius 3 is 3.05 bits per heavy atom. The Labute approximate surface area is 124 Å². The van der Waals surface area contributed by atoms with Crippen LogP contribution in [0.15, 0.2) is 30.6 Å². The second-order valence-corrected chi connectivity index (χ2v) is 4.32. The fourth-order valence-electron chi connectivity index (χ4n) is 1.94.